The summed E-state index contributed by atoms with van der Waals surface area (Å²) < 4.78 is 5.42. The number of ketones is 1. The number of nitriles is 1. The molecule has 3 rings (SSSR count). The van der Waals surface area contributed by atoms with Crippen molar-refractivity contribution in [2.45, 2.75) is 12.8 Å². The Balaban J connectivity index is 2.03. The van der Waals surface area contributed by atoms with Crippen LogP contribution in [0.4, 0.5) is 0 Å². The molecule has 0 amide bonds. The molecule has 19 heavy (non-hydrogen) atoms. The molecular formula is C15H11NO3. The molecular weight excluding hydrogens is 242 g/mol. The molecule has 0 bridgehead atoms. The van der Waals surface area contributed by atoms with Crippen molar-refractivity contribution in [2.24, 2.45) is 5.92 Å². The molecule has 4 nitrogen and oxygen atoms in total. The van der Waals surface area contributed by atoms with Gasteiger partial charge in [0.15, 0.2) is 5.76 Å². The third-order valence-corrected chi connectivity index (χ3v) is 3.21. The monoisotopic (exact) mass is 253 g/mol. The molecule has 0 aliphatic heterocycles. The van der Waals surface area contributed by atoms with Crippen LogP contribution >= 0.6 is 0 Å². The maximum Gasteiger partial charge on any atom is 0.242 e. The quantitative estimate of drug-likeness (QED) is 0.394. The average Bonchev–Trinajstić information content (AvgIpc) is 3.18. The first kappa shape index (κ1) is 11.5. The number of rotatable bonds is 3. The van der Waals surface area contributed by atoms with E-state index in [9.17, 15) is 9.90 Å². The van der Waals surface area contributed by atoms with E-state index in [1.165, 1.54) is 0 Å². The van der Waals surface area contributed by atoms with Crippen LogP contribution in [-0.4, -0.2) is 10.9 Å². The maximum atomic E-state index is 12.2. The van der Waals surface area contributed by atoms with Gasteiger partial charge in [0.05, 0.1) is 0 Å². The Kier molecular flexibility index (Phi) is 2.60. The number of aliphatic hydroxyl groups excluding tert-OH is 1. The molecule has 0 radical (unpaired) electrons. The molecule has 1 aromatic heterocycles. The smallest absolute Gasteiger partial charge is 0.242 e. The summed E-state index contributed by atoms with van der Waals surface area (Å²) in [4.78, 5) is 12.2. The normalized spacial score (nSPS) is 15.9. The first-order valence-electron chi connectivity index (χ1n) is 6.07. The number of furan rings is 1. The van der Waals surface area contributed by atoms with Gasteiger partial charge in [0.25, 0.3) is 0 Å². The molecule has 0 unspecified atom stereocenters. The minimum atomic E-state index is -0.553. The fourth-order valence-corrected chi connectivity index (χ4v) is 2.00. The molecule has 94 valence electrons. The largest absolute Gasteiger partial charge is 0.510 e. The number of nitrogens with zero attached hydrogens (tertiary/aromatic N) is 1. The first-order chi connectivity index (χ1) is 9.20. The van der Waals surface area contributed by atoms with Gasteiger partial charge in [-0.25, -0.2) is 0 Å². The number of carbonyl (C=O) groups is 1. The Hall–Kier alpha value is -2.54. The molecule has 1 aromatic carbocycles. The van der Waals surface area contributed by atoms with Crippen LogP contribution < -0.4 is 0 Å². The molecule has 1 aliphatic rings. The van der Waals surface area contributed by atoms with Gasteiger partial charge in [0.1, 0.15) is 23.0 Å². The summed E-state index contributed by atoms with van der Waals surface area (Å²) in [6.45, 7) is 0. The Morgan fingerprint density at radius 2 is 2.11 bits per heavy atom. The van der Waals surface area contributed by atoms with E-state index in [1.807, 2.05) is 18.2 Å². The summed E-state index contributed by atoms with van der Waals surface area (Å²) in [6.07, 6.45) is 1.65. The summed E-state index contributed by atoms with van der Waals surface area (Å²) >= 11 is 0. The molecule has 0 atom stereocenters. The van der Waals surface area contributed by atoms with Crippen molar-refractivity contribution >= 4 is 16.8 Å². The number of hydrogen-bond acceptors (Lipinski definition) is 4. The third kappa shape index (κ3) is 2.00. The SMILES string of the molecule is N#CC(C(=O)c1cc2ccccc2o1)=C(O)C1CC1. The van der Waals surface area contributed by atoms with E-state index >= 15 is 0 Å². The van der Waals surface area contributed by atoms with Gasteiger partial charge in [-0.3, -0.25) is 4.79 Å². The fourth-order valence-electron chi connectivity index (χ4n) is 2.00. The second-order valence-corrected chi connectivity index (χ2v) is 4.62. The lowest BCUT2D eigenvalue weighted by Gasteiger charge is -1.99. The lowest BCUT2D eigenvalue weighted by Crippen LogP contribution is -2.05. The van der Waals surface area contributed by atoms with E-state index in [0.29, 0.717) is 5.58 Å². The number of Topliss-reactive ketones (excluding diaryl/α,β-unsaturated/α-hetero) is 1. The van der Waals surface area contributed by atoms with Gasteiger partial charge in [-0.1, -0.05) is 18.2 Å². The van der Waals surface area contributed by atoms with E-state index in [2.05, 4.69) is 0 Å². The Morgan fingerprint density at radius 1 is 1.37 bits per heavy atom. The van der Waals surface area contributed by atoms with E-state index in [-0.39, 0.29) is 23.0 Å². The Bertz CT molecular complexity index is 696. The number of carbonyl (C=O) groups excluding carboxylic acids is 1. The summed E-state index contributed by atoms with van der Waals surface area (Å²) in [5.41, 5.74) is 0.385. The van der Waals surface area contributed by atoms with Gasteiger partial charge in [0.2, 0.25) is 5.78 Å². The number of fused-ring (bicyclic) bond motifs is 1. The molecule has 0 saturated heterocycles. The minimum Gasteiger partial charge on any atom is -0.510 e. The van der Waals surface area contributed by atoms with Crippen LogP contribution in [0.25, 0.3) is 11.0 Å². The van der Waals surface area contributed by atoms with Crippen molar-refractivity contribution < 1.29 is 14.3 Å². The highest BCUT2D eigenvalue weighted by atomic mass is 16.3. The standard InChI is InChI=1S/C15H11NO3/c16-8-11(14(17)9-5-6-9)15(18)13-7-10-3-1-2-4-12(10)19-13/h1-4,7,9,17H,5-6H2. The molecule has 4 heteroatoms. The van der Waals surface area contributed by atoms with Crippen molar-refractivity contribution in [2.75, 3.05) is 0 Å². The average molecular weight is 253 g/mol. The van der Waals surface area contributed by atoms with Crippen LogP contribution in [0.15, 0.2) is 46.1 Å². The summed E-state index contributed by atoms with van der Waals surface area (Å²) in [6, 6.07) is 10.6. The molecule has 0 spiro atoms. The summed E-state index contributed by atoms with van der Waals surface area (Å²) in [7, 11) is 0. The van der Waals surface area contributed by atoms with Gasteiger partial charge in [-0.15, -0.1) is 0 Å². The third-order valence-electron chi connectivity index (χ3n) is 3.21. The van der Waals surface area contributed by atoms with Crippen LogP contribution in [-0.2, 0) is 0 Å². The van der Waals surface area contributed by atoms with Gasteiger partial charge in [-0.2, -0.15) is 5.26 Å². The zero-order chi connectivity index (χ0) is 13.4. The molecule has 1 aliphatic carbocycles. The van der Waals surface area contributed by atoms with Gasteiger partial charge >= 0.3 is 0 Å². The van der Waals surface area contributed by atoms with E-state index < -0.39 is 5.78 Å². The van der Waals surface area contributed by atoms with Gasteiger partial charge in [0, 0.05) is 11.3 Å². The lowest BCUT2D eigenvalue weighted by atomic mass is 10.1. The van der Waals surface area contributed by atoms with E-state index in [1.54, 1.807) is 18.2 Å². The number of benzene rings is 1. The highest BCUT2D eigenvalue weighted by molar-refractivity contribution is 6.11. The van der Waals surface area contributed by atoms with E-state index in [0.717, 1.165) is 18.2 Å². The summed E-state index contributed by atoms with van der Waals surface area (Å²) in [5, 5.41) is 19.7. The lowest BCUT2D eigenvalue weighted by molar-refractivity contribution is 0.101. The van der Waals surface area contributed by atoms with Crippen molar-refractivity contribution in [3.8, 4) is 6.07 Å². The molecule has 1 heterocycles. The molecule has 1 saturated carbocycles. The summed E-state index contributed by atoms with van der Waals surface area (Å²) in [5.74, 6) is -0.607. The number of para-hydroxylation sites is 1. The number of hydrogen-bond donors (Lipinski definition) is 1. The van der Waals surface area contributed by atoms with Crippen LogP contribution in [0, 0.1) is 17.2 Å². The zero-order valence-corrected chi connectivity index (χ0v) is 10.1. The molecule has 2 aromatic rings. The number of allylic oxidation sites excluding steroid dienone is 2. The first-order valence-corrected chi connectivity index (χ1v) is 6.07. The van der Waals surface area contributed by atoms with Gasteiger partial charge < -0.3 is 9.52 Å². The van der Waals surface area contributed by atoms with Crippen LogP contribution in [0.1, 0.15) is 23.4 Å². The van der Waals surface area contributed by atoms with Crippen molar-refractivity contribution in [3.63, 3.8) is 0 Å². The predicted octanol–water partition coefficient (Wildman–Crippen LogP) is 3.36. The van der Waals surface area contributed by atoms with Crippen molar-refractivity contribution in [3.05, 3.63) is 47.4 Å². The van der Waals surface area contributed by atoms with Crippen molar-refractivity contribution in [1.82, 2.24) is 0 Å². The Labute approximate surface area is 109 Å². The molecule has 1 N–H and O–H groups in total. The van der Waals surface area contributed by atoms with E-state index in [4.69, 9.17) is 9.68 Å². The zero-order valence-electron chi connectivity index (χ0n) is 10.1. The fraction of sp³-hybridized carbons (Fsp3) is 0.200. The van der Waals surface area contributed by atoms with Crippen LogP contribution in [0.2, 0.25) is 0 Å². The predicted molar refractivity (Wildman–Crippen MR) is 68.5 cm³/mol. The molecule has 1 fully saturated rings. The Morgan fingerprint density at radius 3 is 2.74 bits per heavy atom. The second kappa shape index (κ2) is 4.29. The highest BCUT2D eigenvalue weighted by Crippen LogP contribution is 2.37. The van der Waals surface area contributed by atoms with Gasteiger partial charge in [-0.05, 0) is 25.0 Å². The second-order valence-electron chi connectivity index (χ2n) is 4.62. The number of aliphatic hydroxyl groups is 1. The van der Waals surface area contributed by atoms with Crippen LogP contribution in [0.3, 0.4) is 0 Å². The van der Waals surface area contributed by atoms with Crippen LogP contribution in [0.5, 0.6) is 0 Å². The highest BCUT2D eigenvalue weighted by Gasteiger charge is 2.32. The maximum absolute atomic E-state index is 12.2. The topological polar surface area (TPSA) is 74.2 Å². The minimum absolute atomic E-state index is 0.0389. The van der Waals surface area contributed by atoms with Crippen molar-refractivity contribution in [1.29, 1.82) is 5.26 Å².